The van der Waals surface area contributed by atoms with Gasteiger partial charge in [0.1, 0.15) is 5.82 Å². The number of carbonyl (C=O) groups is 2. The molecule has 0 unspecified atom stereocenters. The van der Waals surface area contributed by atoms with E-state index in [-0.39, 0.29) is 21.8 Å². The Hall–Kier alpha value is -2.60. The maximum atomic E-state index is 12.9. The van der Waals surface area contributed by atoms with Crippen molar-refractivity contribution in [3.8, 4) is 0 Å². The molecule has 0 fully saturated rings. The Morgan fingerprint density at radius 2 is 1.81 bits per heavy atom. The molecule has 0 saturated carbocycles. The van der Waals surface area contributed by atoms with Crippen LogP contribution in [0.1, 0.15) is 20.7 Å². The fourth-order valence-electron chi connectivity index (χ4n) is 1.73. The molecular formula is C14H11ClFN3O2. The van der Waals surface area contributed by atoms with Gasteiger partial charge in [-0.2, -0.15) is 0 Å². The molecule has 0 aliphatic carbocycles. The molecule has 0 saturated heterocycles. The Bertz CT molecular complexity index is 734. The van der Waals surface area contributed by atoms with Gasteiger partial charge in [0.25, 0.3) is 5.91 Å². The molecule has 0 radical (unpaired) electrons. The fraction of sp³-hybridized carbons (Fsp3) is 0. The lowest BCUT2D eigenvalue weighted by molar-refractivity contribution is 0.0996. The second-order valence-electron chi connectivity index (χ2n) is 4.24. The number of hydrogen-bond donors (Lipinski definition) is 3. The molecule has 108 valence electrons. The molecule has 2 aromatic rings. The Labute approximate surface area is 124 Å². The molecule has 0 aromatic heterocycles. The van der Waals surface area contributed by atoms with Crippen molar-refractivity contribution in [1.29, 1.82) is 0 Å². The fourth-order valence-corrected chi connectivity index (χ4v) is 1.94. The van der Waals surface area contributed by atoms with Crippen LogP contribution in [0, 0.1) is 5.82 Å². The van der Waals surface area contributed by atoms with Gasteiger partial charge >= 0.3 is 0 Å². The molecule has 0 aliphatic rings. The van der Waals surface area contributed by atoms with Crippen LogP contribution in [0.4, 0.5) is 15.8 Å². The van der Waals surface area contributed by atoms with Gasteiger partial charge in [-0.05, 0) is 36.4 Å². The summed E-state index contributed by atoms with van der Waals surface area (Å²) in [6.07, 6.45) is 0. The van der Waals surface area contributed by atoms with Gasteiger partial charge in [0.15, 0.2) is 0 Å². The van der Waals surface area contributed by atoms with Crippen LogP contribution in [0.2, 0.25) is 5.02 Å². The van der Waals surface area contributed by atoms with Crippen molar-refractivity contribution in [1.82, 2.24) is 0 Å². The van der Waals surface area contributed by atoms with E-state index in [0.29, 0.717) is 5.69 Å². The SMILES string of the molecule is NC(=O)c1cc(NC(=O)c2ccc(F)cc2N)ccc1Cl. The molecule has 0 aliphatic heterocycles. The monoisotopic (exact) mass is 307 g/mol. The van der Waals surface area contributed by atoms with Crippen LogP contribution in [-0.2, 0) is 0 Å². The molecular weight excluding hydrogens is 297 g/mol. The summed E-state index contributed by atoms with van der Waals surface area (Å²) < 4.78 is 12.9. The number of primary amides is 1. The van der Waals surface area contributed by atoms with Crippen molar-refractivity contribution in [3.63, 3.8) is 0 Å². The van der Waals surface area contributed by atoms with E-state index in [1.54, 1.807) is 0 Å². The molecule has 0 atom stereocenters. The molecule has 21 heavy (non-hydrogen) atoms. The van der Waals surface area contributed by atoms with E-state index in [1.807, 2.05) is 0 Å². The Kier molecular flexibility index (Phi) is 4.09. The number of hydrogen-bond acceptors (Lipinski definition) is 3. The van der Waals surface area contributed by atoms with Crippen molar-refractivity contribution in [2.45, 2.75) is 0 Å². The van der Waals surface area contributed by atoms with E-state index >= 15 is 0 Å². The molecule has 0 bridgehead atoms. The smallest absolute Gasteiger partial charge is 0.257 e. The highest BCUT2D eigenvalue weighted by Crippen LogP contribution is 2.21. The predicted molar refractivity (Wildman–Crippen MR) is 78.7 cm³/mol. The Morgan fingerprint density at radius 1 is 1.10 bits per heavy atom. The molecule has 0 heterocycles. The summed E-state index contributed by atoms with van der Waals surface area (Å²) in [7, 11) is 0. The first-order valence-corrected chi connectivity index (χ1v) is 6.22. The minimum absolute atomic E-state index is 0.0107. The second-order valence-corrected chi connectivity index (χ2v) is 4.65. The number of halogens is 2. The van der Waals surface area contributed by atoms with Crippen LogP contribution in [0.15, 0.2) is 36.4 Å². The highest BCUT2D eigenvalue weighted by atomic mass is 35.5. The number of rotatable bonds is 3. The molecule has 7 heteroatoms. The van der Waals surface area contributed by atoms with Crippen molar-refractivity contribution in [2.75, 3.05) is 11.1 Å². The van der Waals surface area contributed by atoms with Gasteiger partial charge in [-0.1, -0.05) is 11.6 Å². The molecule has 0 spiro atoms. The number of nitrogens with one attached hydrogen (secondary N) is 1. The summed E-state index contributed by atoms with van der Waals surface area (Å²) in [4.78, 5) is 23.2. The predicted octanol–water partition coefficient (Wildman–Crippen LogP) is 2.41. The van der Waals surface area contributed by atoms with Crippen molar-refractivity contribution in [2.24, 2.45) is 5.73 Å². The number of anilines is 2. The molecule has 2 rings (SSSR count). The zero-order chi connectivity index (χ0) is 15.6. The van der Waals surface area contributed by atoms with Gasteiger partial charge in [0.2, 0.25) is 5.91 Å². The summed E-state index contributed by atoms with van der Waals surface area (Å²) >= 11 is 5.81. The molecule has 5 nitrogen and oxygen atoms in total. The maximum Gasteiger partial charge on any atom is 0.257 e. The van der Waals surface area contributed by atoms with Gasteiger partial charge in [-0.15, -0.1) is 0 Å². The zero-order valence-corrected chi connectivity index (χ0v) is 11.4. The molecule has 5 N–H and O–H groups in total. The number of benzene rings is 2. The Morgan fingerprint density at radius 3 is 2.43 bits per heavy atom. The summed E-state index contributed by atoms with van der Waals surface area (Å²) in [6.45, 7) is 0. The largest absolute Gasteiger partial charge is 0.398 e. The van der Waals surface area contributed by atoms with Gasteiger partial charge in [-0.25, -0.2) is 4.39 Å². The highest BCUT2D eigenvalue weighted by Gasteiger charge is 2.13. The zero-order valence-electron chi connectivity index (χ0n) is 10.7. The minimum Gasteiger partial charge on any atom is -0.398 e. The van der Waals surface area contributed by atoms with E-state index in [2.05, 4.69) is 5.32 Å². The first-order valence-electron chi connectivity index (χ1n) is 5.84. The normalized spacial score (nSPS) is 10.2. The number of amides is 2. The summed E-state index contributed by atoms with van der Waals surface area (Å²) in [6, 6.07) is 7.73. The maximum absolute atomic E-state index is 12.9. The van der Waals surface area contributed by atoms with E-state index in [0.717, 1.165) is 12.1 Å². The lowest BCUT2D eigenvalue weighted by Gasteiger charge is -2.09. The third kappa shape index (κ3) is 3.29. The van der Waals surface area contributed by atoms with Crippen LogP contribution in [0.25, 0.3) is 0 Å². The van der Waals surface area contributed by atoms with Crippen molar-refractivity contribution >= 4 is 34.8 Å². The quantitative estimate of drug-likeness (QED) is 0.759. The minimum atomic E-state index is -0.711. The number of carbonyl (C=O) groups excluding carboxylic acids is 2. The van der Waals surface area contributed by atoms with Gasteiger partial charge in [0, 0.05) is 11.4 Å². The average molecular weight is 308 g/mol. The average Bonchev–Trinajstić information content (AvgIpc) is 2.40. The third-order valence-corrected chi connectivity index (χ3v) is 3.08. The van der Waals surface area contributed by atoms with E-state index in [9.17, 15) is 14.0 Å². The first-order chi connectivity index (χ1) is 9.88. The van der Waals surface area contributed by atoms with E-state index < -0.39 is 17.6 Å². The van der Waals surface area contributed by atoms with Crippen LogP contribution in [-0.4, -0.2) is 11.8 Å². The lowest BCUT2D eigenvalue weighted by Crippen LogP contribution is -2.16. The topological polar surface area (TPSA) is 98.2 Å². The first kappa shape index (κ1) is 14.8. The summed E-state index contributed by atoms with van der Waals surface area (Å²) in [5.74, 6) is -1.78. The van der Waals surface area contributed by atoms with Crippen LogP contribution in [0.3, 0.4) is 0 Å². The van der Waals surface area contributed by atoms with Crippen LogP contribution < -0.4 is 16.8 Å². The second kappa shape index (κ2) is 5.80. The lowest BCUT2D eigenvalue weighted by atomic mass is 10.1. The number of nitrogens with two attached hydrogens (primary N) is 2. The van der Waals surface area contributed by atoms with Gasteiger partial charge in [-0.3, -0.25) is 9.59 Å². The van der Waals surface area contributed by atoms with Gasteiger partial charge in [0.05, 0.1) is 16.1 Å². The number of nitrogen functional groups attached to an aromatic ring is 1. The summed E-state index contributed by atoms with van der Waals surface area (Å²) in [5.41, 5.74) is 11.3. The van der Waals surface area contributed by atoms with E-state index in [4.69, 9.17) is 23.1 Å². The standard InChI is InChI=1S/C14H11ClFN3O2/c15-11-4-2-8(6-10(11)13(18)20)19-14(21)9-3-1-7(16)5-12(9)17/h1-6H,17H2,(H2,18,20)(H,19,21). The van der Waals surface area contributed by atoms with Crippen molar-refractivity contribution in [3.05, 3.63) is 58.4 Å². The van der Waals surface area contributed by atoms with E-state index in [1.165, 1.54) is 24.3 Å². The molecule has 2 amide bonds. The van der Waals surface area contributed by atoms with Crippen molar-refractivity contribution < 1.29 is 14.0 Å². The highest BCUT2D eigenvalue weighted by molar-refractivity contribution is 6.34. The van der Waals surface area contributed by atoms with Crippen LogP contribution >= 0.6 is 11.6 Å². The molecule has 2 aromatic carbocycles. The Balaban J connectivity index is 2.27. The van der Waals surface area contributed by atoms with Gasteiger partial charge < -0.3 is 16.8 Å². The summed E-state index contributed by atoms with van der Waals surface area (Å²) in [5, 5.41) is 2.72. The van der Waals surface area contributed by atoms with Crippen LogP contribution in [0.5, 0.6) is 0 Å². The third-order valence-electron chi connectivity index (χ3n) is 2.75.